The van der Waals surface area contributed by atoms with E-state index in [1.54, 1.807) is 0 Å². The highest BCUT2D eigenvalue weighted by Crippen LogP contribution is 2.28. The van der Waals surface area contributed by atoms with Crippen LogP contribution in [-0.2, 0) is 6.42 Å². The standard InChI is InChI=1S/C15H25N5/c1-19-7-4-8-20(2)14(10-19)15-17-9-11-12(16)5-3-6-13(11)18-15/h9,12,14H,3-8,10,16H2,1-2H3. The molecule has 2 unspecified atom stereocenters. The first-order valence-electron chi connectivity index (χ1n) is 7.65. The molecule has 1 saturated heterocycles. The Balaban J connectivity index is 1.89. The highest BCUT2D eigenvalue weighted by atomic mass is 15.2. The van der Waals surface area contributed by atoms with Crippen LogP contribution in [0.5, 0.6) is 0 Å². The van der Waals surface area contributed by atoms with Gasteiger partial charge in [-0.3, -0.25) is 4.90 Å². The largest absolute Gasteiger partial charge is 0.324 e. The molecule has 0 bridgehead atoms. The lowest BCUT2D eigenvalue weighted by Crippen LogP contribution is -2.32. The van der Waals surface area contributed by atoms with Crippen molar-refractivity contribution in [1.82, 2.24) is 19.8 Å². The number of aromatic nitrogens is 2. The van der Waals surface area contributed by atoms with Crippen molar-refractivity contribution in [3.63, 3.8) is 0 Å². The molecular weight excluding hydrogens is 250 g/mol. The molecule has 5 nitrogen and oxygen atoms in total. The van der Waals surface area contributed by atoms with Crippen LogP contribution in [0.3, 0.4) is 0 Å². The van der Waals surface area contributed by atoms with E-state index < -0.39 is 0 Å². The molecule has 0 amide bonds. The number of nitrogens with zero attached hydrogens (tertiary/aromatic N) is 4. The average Bonchev–Trinajstić information content (AvgIpc) is 2.60. The summed E-state index contributed by atoms with van der Waals surface area (Å²) in [6.45, 7) is 3.26. The molecule has 2 aliphatic rings. The highest BCUT2D eigenvalue weighted by molar-refractivity contribution is 5.24. The lowest BCUT2D eigenvalue weighted by Gasteiger charge is -2.28. The number of fused-ring (bicyclic) bond motifs is 1. The van der Waals surface area contributed by atoms with E-state index in [4.69, 9.17) is 10.7 Å². The molecule has 1 aliphatic carbocycles. The Labute approximate surface area is 121 Å². The molecule has 2 N–H and O–H groups in total. The summed E-state index contributed by atoms with van der Waals surface area (Å²) in [5, 5.41) is 0. The third kappa shape index (κ3) is 2.71. The van der Waals surface area contributed by atoms with Crippen molar-refractivity contribution in [1.29, 1.82) is 0 Å². The van der Waals surface area contributed by atoms with Gasteiger partial charge in [-0.05, 0) is 52.9 Å². The molecule has 2 heterocycles. The Morgan fingerprint density at radius 3 is 2.95 bits per heavy atom. The van der Waals surface area contributed by atoms with Gasteiger partial charge in [0.2, 0.25) is 0 Å². The van der Waals surface area contributed by atoms with Crippen molar-refractivity contribution < 1.29 is 0 Å². The topological polar surface area (TPSA) is 58.3 Å². The van der Waals surface area contributed by atoms with Gasteiger partial charge in [-0.15, -0.1) is 0 Å². The van der Waals surface area contributed by atoms with Gasteiger partial charge in [-0.1, -0.05) is 0 Å². The second-order valence-corrected chi connectivity index (χ2v) is 6.24. The zero-order valence-electron chi connectivity index (χ0n) is 12.5. The summed E-state index contributed by atoms with van der Waals surface area (Å²) < 4.78 is 0. The summed E-state index contributed by atoms with van der Waals surface area (Å²) in [7, 11) is 4.36. The summed E-state index contributed by atoms with van der Waals surface area (Å²) in [6.07, 6.45) is 6.43. The van der Waals surface area contributed by atoms with Gasteiger partial charge >= 0.3 is 0 Å². The Morgan fingerprint density at radius 2 is 2.10 bits per heavy atom. The SMILES string of the molecule is CN1CCCN(C)C(c2ncc3c(n2)CCCC3N)C1. The van der Waals surface area contributed by atoms with E-state index in [-0.39, 0.29) is 6.04 Å². The van der Waals surface area contributed by atoms with E-state index in [1.165, 1.54) is 12.1 Å². The molecule has 3 rings (SSSR count). The van der Waals surface area contributed by atoms with E-state index in [0.717, 1.165) is 50.3 Å². The molecular formula is C15H25N5. The third-order valence-corrected chi connectivity index (χ3v) is 4.61. The molecule has 110 valence electrons. The predicted octanol–water partition coefficient (Wildman–Crippen LogP) is 1.12. The van der Waals surface area contributed by atoms with E-state index in [9.17, 15) is 0 Å². The fraction of sp³-hybridized carbons (Fsp3) is 0.733. The number of likely N-dealkylation sites (N-methyl/N-ethyl adjacent to an activating group) is 2. The molecule has 20 heavy (non-hydrogen) atoms. The number of aryl methyl sites for hydroxylation is 1. The van der Waals surface area contributed by atoms with Crippen molar-refractivity contribution in [3.05, 3.63) is 23.3 Å². The van der Waals surface area contributed by atoms with Crippen LogP contribution in [0.15, 0.2) is 6.20 Å². The average molecular weight is 275 g/mol. The van der Waals surface area contributed by atoms with Crippen LogP contribution in [0.25, 0.3) is 0 Å². The van der Waals surface area contributed by atoms with Gasteiger partial charge < -0.3 is 10.6 Å². The quantitative estimate of drug-likeness (QED) is 0.832. The van der Waals surface area contributed by atoms with Gasteiger partial charge in [0.05, 0.1) is 6.04 Å². The molecule has 0 saturated carbocycles. The summed E-state index contributed by atoms with van der Waals surface area (Å²) in [5.41, 5.74) is 8.48. The van der Waals surface area contributed by atoms with Crippen molar-refractivity contribution in [3.8, 4) is 0 Å². The van der Waals surface area contributed by atoms with Gasteiger partial charge in [-0.25, -0.2) is 9.97 Å². The van der Waals surface area contributed by atoms with Gasteiger partial charge in [0.15, 0.2) is 0 Å². The van der Waals surface area contributed by atoms with Gasteiger partial charge in [0, 0.05) is 30.0 Å². The first-order valence-corrected chi connectivity index (χ1v) is 7.65. The molecule has 1 aliphatic heterocycles. The zero-order chi connectivity index (χ0) is 14.1. The second-order valence-electron chi connectivity index (χ2n) is 6.24. The van der Waals surface area contributed by atoms with Crippen LogP contribution in [0.4, 0.5) is 0 Å². The van der Waals surface area contributed by atoms with Crippen LogP contribution < -0.4 is 5.73 Å². The summed E-state index contributed by atoms with van der Waals surface area (Å²) >= 11 is 0. The lowest BCUT2D eigenvalue weighted by molar-refractivity contribution is 0.219. The lowest BCUT2D eigenvalue weighted by atomic mass is 9.93. The monoisotopic (exact) mass is 275 g/mol. The van der Waals surface area contributed by atoms with Crippen molar-refractivity contribution >= 4 is 0 Å². The van der Waals surface area contributed by atoms with E-state index in [0.29, 0.717) is 6.04 Å². The summed E-state index contributed by atoms with van der Waals surface area (Å²) in [6, 6.07) is 0.424. The zero-order valence-corrected chi connectivity index (χ0v) is 12.5. The fourth-order valence-corrected chi connectivity index (χ4v) is 3.31. The minimum Gasteiger partial charge on any atom is -0.324 e. The Kier molecular flexibility index (Phi) is 4.01. The normalized spacial score (nSPS) is 28.9. The maximum atomic E-state index is 6.15. The van der Waals surface area contributed by atoms with Crippen LogP contribution in [0.2, 0.25) is 0 Å². The van der Waals surface area contributed by atoms with E-state index in [1.807, 2.05) is 6.20 Å². The van der Waals surface area contributed by atoms with Crippen LogP contribution in [0.1, 0.15) is 48.4 Å². The number of rotatable bonds is 1. The van der Waals surface area contributed by atoms with E-state index in [2.05, 4.69) is 28.9 Å². The molecule has 0 spiro atoms. The molecule has 0 radical (unpaired) electrons. The summed E-state index contributed by atoms with van der Waals surface area (Å²) in [4.78, 5) is 14.2. The summed E-state index contributed by atoms with van der Waals surface area (Å²) in [5.74, 6) is 0.967. The minimum atomic E-state index is 0.127. The first kappa shape index (κ1) is 13.9. The maximum absolute atomic E-state index is 6.15. The second kappa shape index (κ2) is 5.76. The number of hydrogen-bond acceptors (Lipinski definition) is 5. The highest BCUT2D eigenvalue weighted by Gasteiger charge is 2.26. The molecule has 1 aromatic heterocycles. The maximum Gasteiger partial charge on any atom is 0.146 e. The van der Waals surface area contributed by atoms with Gasteiger partial charge in [0.25, 0.3) is 0 Å². The number of hydrogen-bond donors (Lipinski definition) is 1. The van der Waals surface area contributed by atoms with Crippen molar-refractivity contribution in [2.75, 3.05) is 33.7 Å². The first-order chi connectivity index (χ1) is 9.65. The molecule has 5 heteroatoms. The van der Waals surface area contributed by atoms with Gasteiger partial charge in [-0.2, -0.15) is 0 Å². The Morgan fingerprint density at radius 1 is 1.25 bits per heavy atom. The van der Waals surface area contributed by atoms with E-state index >= 15 is 0 Å². The Hall–Kier alpha value is -1.04. The third-order valence-electron chi connectivity index (χ3n) is 4.61. The fourth-order valence-electron chi connectivity index (χ4n) is 3.31. The van der Waals surface area contributed by atoms with Crippen molar-refractivity contribution in [2.24, 2.45) is 5.73 Å². The minimum absolute atomic E-state index is 0.127. The van der Waals surface area contributed by atoms with Gasteiger partial charge in [0.1, 0.15) is 5.82 Å². The van der Waals surface area contributed by atoms with Crippen LogP contribution in [-0.4, -0.2) is 53.5 Å². The van der Waals surface area contributed by atoms with Crippen LogP contribution in [0, 0.1) is 0 Å². The van der Waals surface area contributed by atoms with Crippen molar-refractivity contribution in [2.45, 2.75) is 37.8 Å². The Bertz CT molecular complexity index is 475. The molecule has 2 atom stereocenters. The van der Waals surface area contributed by atoms with Crippen LogP contribution >= 0.6 is 0 Å². The number of nitrogens with two attached hydrogens (primary N) is 1. The smallest absolute Gasteiger partial charge is 0.146 e. The predicted molar refractivity (Wildman–Crippen MR) is 79.4 cm³/mol. The molecule has 1 aromatic rings. The molecule has 1 fully saturated rings. The molecule has 0 aromatic carbocycles.